The zero-order chi connectivity index (χ0) is 22.4. The first-order valence-corrected chi connectivity index (χ1v) is 10.6. The highest BCUT2D eigenvalue weighted by Gasteiger charge is 2.45. The fourth-order valence-electron chi connectivity index (χ4n) is 3.82. The number of benzene rings is 2. The van der Waals surface area contributed by atoms with Gasteiger partial charge >= 0.3 is 0 Å². The molecule has 1 unspecified atom stereocenters. The molecule has 0 spiro atoms. The number of aromatic nitrogens is 1. The molecule has 3 aromatic rings. The lowest BCUT2D eigenvalue weighted by Crippen LogP contribution is -2.31. The summed E-state index contributed by atoms with van der Waals surface area (Å²) in [6, 6.07) is 11.0. The number of carbonyl (C=O) groups is 2. The second kappa shape index (κ2) is 7.67. The summed E-state index contributed by atoms with van der Waals surface area (Å²) in [7, 11) is 0. The van der Waals surface area contributed by atoms with Crippen molar-refractivity contribution >= 4 is 28.7 Å². The van der Waals surface area contributed by atoms with E-state index in [1.807, 2.05) is 26.0 Å². The van der Waals surface area contributed by atoms with Gasteiger partial charge in [-0.2, -0.15) is 0 Å². The molecular formula is C24H22N2O4S. The number of ketones is 1. The van der Waals surface area contributed by atoms with Crippen LogP contribution in [-0.2, 0) is 4.79 Å². The molecule has 0 radical (unpaired) electrons. The minimum Gasteiger partial charge on any atom is -0.508 e. The Kier molecular flexibility index (Phi) is 5.15. The first-order chi connectivity index (χ1) is 14.7. The van der Waals surface area contributed by atoms with Gasteiger partial charge in [0.15, 0.2) is 5.76 Å². The Hall–Kier alpha value is -3.45. The van der Waals surface area contributed by atoms with Crippen molar-refractivity contribution in [1.29, 1.82) is 0 Å². The van der Waals surface area contributed by atoms with E-state index in [2.05, 4.69) is 4.98 Å². The minimum absolute atomic E-state index is 0.0145. The van der Waals surface area contributed by atoms with E-state index in [9.17, 15) is 19.8 Å². The molecule has 1 aromatic heterocycles. The Morgan fingerprint density at radius 2 is 1.68 bits per heavy atom. The first kappa shape index (κ1) is 20.8. The lowest BCUT2D eigenvalue weighted by Gasteiger charge is -2.27. The summed E-state index contributed by atoms with van der Waals surface area (Å²) >= 11 is 1.24. The molecule has 6 nitrogen and oxygen atoms in total. The summed E-state index contributed by atoms with van der Waals surface area (Å²) in [6.45, 7) is 7.46. The van der Waals surface area contributed by atoms with Crippen LogP contribution in [0.3, 0.4) is 0 Å². The van der Waals surface area contributed by atoms with Gasteiger partial charge in [0.2, 0.25) is 5.78 Å². The molecule has 0 bridgehead atoms. The van der Waals surface area contributed by atoms with Crippen LogP contribution in [0.1, 0.15) is 43.1 Å². The number of thiazole rings is 1. The average Bonchev–Trinajstić information content (AvgIpc) is 3.20. The Labute approximate surface area is 184 Å². The SMILES string of the molecule is Cc1nc(C)c(C(=O)C2=C(O)C(=O)N(c3ccc(C)c(C)c3)C2c2ccc(O)cc2)s1. The first-order valence-electron chi connectivity index (χ1n) is 9.80. The lowest BCUT2D eigenvalue weighted by molar-refractivity contribution is -0.117. The standard InChI is InChI=1S/C24H22N2O4S/c1-12-5-8-17(11-13(12)2)26-20(16-6-9-18(27)10-7-16)19(22(29)24(26)30)21(28)23-14(3)25-15(4)31-23/h5-11,20,27,29H,1-4H3. The number of amides is 1. The molecule has 1 amide bonds. The molecule has 2 aromatic carbocycles. The molecule has 0 fully saturated rings. The summed E-state index contributed by atoms with van der Waals surface area (Å²) in [4.78, 5) is 32.9. The Balaban J connectivity index is 1.90. The predicted octanol–water partition coefficient (Wildman–Crippen LogP) is 4.87. The van der Waals surface area contributed by atoms with Crippen LogP contribution < -0.4 is 4.90 Å². The van der Waals surface area contributed by atoms with Crippen LogP contribution in [0, 0.1) is 27.7 Å². The van der Waals surface area contributed by atoms with Crippen molar-refractivity contribution in [2.45, 2.75) is 33.7 Å². The van der Waals surface area contributed by atoms with Gasteiger partial charge in [0.05, 0.1) is 27.2 Å². The zero-order valence-corrected chi connectivity index (χ0v) is 18.4. The van der Waals surface area contributed by atoms with Crippen LogP contribution in [0.25, 0.3) is 0 Å². The largest absolute Gasteiger partial charge is 0.508 e. The molecule has 1 aliphatic heterocycles. The van der Waals surface area contributed by atoms with Crippen LogP contribution in [0.5, 0.6) is 5.75 Å². The Bertz CT molecular complexity index is 1240. The number of phenols is 1. The quantitative estimate of drug-likeness (QED) is 0.572. The molecule has 1 aliphatic rings. The Morgan fingerprint density at radius 1 is 1.00 bits per heavy atom. The highest BCUT2D eigenvalue weighted by Crippen LogP contribution is 2.43. The van der Waals surface area contributed by atoms with Gasteiger partial charge < -0.3 is 10.2 Å². The fourth-order valence-corrected chi connectivity index (χ4v) is 4.69. The molecule has 0 aliphatic carbocycles. The molecule has 0 saturated carbocycles. The number of aliphatic hydroxyl groups is 1. The van der Waals surface area contributed by atoms with Gasteiger partial charge in [-0.25, -0.2) is 4.98 Å². The van der Waals surface area contributed by atoms with Gasteiger partial charge in [0, 0.05) is 5.69 Å². The highest BCUT2D eigenvalue weighted by molar-refractivity contribution is 7.14. The van der Waals surface area contributed by atoms with Crippen LogP contribution in [0.4, 0.5) is 5.69 Å². The fraction of sp³-hybridized carbons (Fsp3) is 0.208. The number of aryl methyl sites for hydroxylation is 4. The monoisotopic (exact) mass is 434 g/mol. The number of phenolic OH excluding ortho intramolecular Hbond substituents is 1. The smallest absolute Gasteiger partial charge is 0.294 e. The van der Waals surface area contributed by atoms with Crippen molar-refractivity contribution in [3.8, 4) is 5.75 Å². The number of Topliss-reactive ketones (excluding diaryl/α,β-unsaturated/α-hetero) is 1. The summed E-state index contributed by atoms with van der Waals surface area (Å²) in [5.41, 5.74) is 3.83. The Morgan fingerprint density at radius 3 is 2.26 bits per heavy atom. The second-order valence-corrected chi connectivity index (χ2v) is 8.88. The number of aliphatic hydroxyl groups excluding tert-OH is 1. The summed E-state index contributed by atoms with van der Waals surface area (Å²) in [6.07, 6.45) is 0. The normalized spacial score (nSPS) is 16.3. The number of carbonyl (C=O) groups excluding carboxylic acids is 2. The molecular weight excluding hydrogens is 412 g/mol. The van der Waals surface area contributed by atoms with E-state index in [1.165, 1.54) is 28.4 Å². The third-order valence-corrected chi connectivity index (χ3v) is 6.61. The maximum Gasteiger partial charge on any atom is 0.294 e. The van der Waals surface area contributed by atoms with E-state index in [-0.39, 0.29) is 11.3 Å². The number of rotatable bonds is 4. The van der Waals surface area contributed by atoms with Crippen LogP contribution >= 0.6 is 11.3 Å². The molecule has 158 valence electrons. The van der Waals surface area contributed by atoms with Crippen LogP contribution in [0.2, 0.25) is 0 Å². The van der Waals surface area contributed by atoms with E-state index in [0.717, 1.165) is 16.1 Å². The van der Waals surface area contributed by atoms with Crippen molar-refractivity contribution in [1.82, 2.24) is 4.98 Å². The zero-order valence-electron chi connectivity index (χ0n) is 17.6. The van der Waals surface area contributed by atoms with E-state index < -0.39 is 23.5 Å². The summed E-state index contributed by atoms with van der Waals surface area (Å²) in [5, 5.41) is 21.3. The number of nitrogens with zero attached hydrogens (tertiary/aromatic N) is 2. The lowest BCUT2D eigenvalue weighted by atomic mass is 9.94. The average molecular weight is 435 g/mol. The van der Waals surface area contributed by atoms with Gasteiger partial charge in [-0.1, -0.05) is 18.2 Å². The number of hydrogen-bond acceptors (Lipinski definition) is 6. The molecule has 7 heteroatoms. The molecule has 2 heterocycles. The van der Waals surface area contributed by atoms with E-state index in [4.69, 9.17) is 0 Å². The number of anilines is 1. The predicted molar refractivity (Wildman–Crippen MR) is 120 cm³/mol. The van der Waals surface area contributed by atoms with Gasteiger partial charge in [-0.3, -0.25) is 14.5 Å². The number of hydrogen-bond donors (Lipinski definition) is 2. The van der Waals surface area contributed by atoms with Crippen molar-refractivity contribution in [2.75, 3.05) is 4.90 Å². The van der Waals surface area contributed by atoms with Crippen molar-refractivity contribution in [3.05, 3.63) is 86.1 Å². The third kappa shape index (κ3) is 3.51. The van der Waals surface area contributed by atoms with E-state index in [0.29, 0.717) is 21.8 Å². The van der Waals surface area contributed by atoms with Crippen molar-refractivity contribution < 1.29 is 19.8 Å². The maximum absolute atomic E-state index is 13.5. The van der Waals surface area contributed by atoms with E-state index >= 15 is 0 Å². The topological polar surface area (TPSA) is 90.7 Å². The van der Waals surface area contributed by atoms with Crippen LogP contribution in [-0.4, -0.2) is 26.9 Å². The molecule has 1 atom stereocenters. The minimum atomic E-state index is -0.829. The summed E-state index contributed by atoms with van der Waals surface area (Å²) in [5.74, 6) is -1.55. The molecule has 2 N–H and O–H groups in total. The maximum atomic E-state index is 13.5. The third-order valence-electron chi connectivity index (χ3n) is 5.54. The van der Waals surface area contributed by atoms with Gasteiger partial charge in [0.1, 0.15) is 5.75 Å². The van der Waals surface area contributed by atoms with Gasteiger partial charge in [-0.15, -0.1) is 11.3 Å². The van der Waals surface area contributed by atoms with Crippen LogP contribution in [0.15, 0.2) is 53.8 Å². The van der Waals surface area contributed by atoms with Gasteiger partial charge in [0.25, 0.3) is 5.91 Å². The second-order valence-electron chi connectivity index (χ2n) is 7.68. The number of aromatic hydroxyl groups is 1. The van der Waals surface area contributed by atoms with Crippen molar-refractivity contribution in [3.63, 3.8) is 0 Å². The van der Waals surface area contributed by atoms with Gasteiger partial charge in [-0.05, 0) is 68.7 Å². The molecule has 31 heavy (non-hydrogen) atoms. The summed E-state index contributed by atoms with van der Waals surface area (Å²) < 4.78 is 0. The molecule has 0 saturated heterocycles. The van der Waals surface area contributed by atoms with E-state index in [1.54, 1.807) is 32.0 Å². The van der Waals surface area contributed by atoms with Crippen molar-refractivity contribution in [2.24, 2.45) is 0 Å². The molecule has 4 rings (SSSR count). The highest BCUT2D eigenvalue weighted by atomic mass is 32.1.